The minimum Gasteiger partial charge on any atom is -0.381 e. The lowest BCUT2D eigenvalue weighted by molar-refractivity contribution is 0.0818. The van der Waals surface area contributed by atoms with Crippen LogP contribution >= 0.6 is 11.6 Å². The van der Waals surface area contributed by atoms with Gasteiger partial charge in [0.2, 0.25) is 5.28 Å². The van der Waals surface area contributed by atoms with Crippen LogP contribution in [0.5, 0.6) is 0 Å². The largest absolute Gasteiger partial charge is 0.381 e. The van der Waals surface area contributed by atoms with Crippen LogP contribution in [-0.2, 0) is 4.74 Å². The number of nitrogens with zero attached hydrogens (tertiary/aromatic N) is 3. The number of anilines is 1. The number of halogens is 1. The number of fused-ring (bicyclic) bond motifs is 1. The molecule has 0 amide bonds. The Hall–Kier alpha value is -1.39. The normalized spacial score (nSPS) is 17.1. The quantitative estimate of drug-likeness (QED) is 0.791. The molecule has 100 valence electrons. The van der Waals surface area contributed by atoms with Gasteiger partial charge in [-0.2, -0.15) is 4.98 Å². The topological polar surface area (TPSA) is 38.2 Å². The van der Waals surface area contributed by atoms with E-state index >= 15 is 0 Å². The van der Waals surface area contributed by atoms with E-state index in [9.17, 15) is 0 Å². The van der Waals surface area contributed by atoms with Gasteiger partial charge in [0, 0.05) is 25.6 Å². The van der Waals surface area contributed by atoms with E-state index in [0.717, 1.165) is 42.7 Å². The summed E-state index contributed by atoms with van der Waals surface area (Å²) in [5.41, 5.74) is 0.895. The molecule has 0 atom stereocenters. The van der Waals surface area contributed by atoms with Crippen LogP contribution in [0, 0.1) is 0 Å². The lowest BCUT2D eigenvalue weighted by atomic mass is 10.1. The third-order valence-electron chi connectivity index (χ3n) is 3.63. The lowest BCUT2D eigenvalue weighted by Crippen LogP contribution is -2.37. The van der Waals surface area contributed by atoms with Gasteiger partial charge in [0.25, 0.3) is 0 Å². The number of para-hydroxylation sites is 1. The molecule has 1 aliphatic heterocycles. The van der Waals surface area contributed by atoms with E-state index < -0.39 is 0 Å². The van der Waals surface area contributed by atoms with Crippen molar-refractivity contribution in [2.75, 3.05) is 25.1 Å². The number of rotatable bonds is 2. The number of hydrogen-bond donors (Lipinski definition) is 0. The van der Waals surface area contributed by atoms with Gasteiger partial charge in [-0.25, -0.2) is 4.98 Å². The molecule has 1 aliphatic rings. The van der Waals surface area contributed by atoms with Crippen molar-refractivity contribution in [2.45, 2.75) is 18.9 Å². The fourth-order valence-electron chi connectivity index (χ4n) is 2.58. The van der Waals surface area contributed by atoms with Crippen molar-refractivity contribution in [3.05, 3.63) is 29.5 Å². The van der Waals surface area contributed by atoms with Crippen LogP contribution in [0.15, 0.2) is 24.3 Å². The maximum Gasteiger partial charge on any atom is 0.224 e. The van der Waals surface area contributed by atoms with Gasteiger partial charge in [-0.05, 0) is 36.6 Å². The number of ether oxygens (including phenoxy) is 1. The maximum absolute atomic E-state index is 6.03. The zero-order valence-corrected chi connectivity index (χ0v) is 11.6. The fourth-order valence-corrected chi connectivity index (χ4v) is 2.75. The number of benzene rings is 1. The summed E-state index contributed by atoms with van der Waals surface area (Å²) in [5.74, 6) is 0.935. The fraction of sp³-hybridized carbons (Fsp3) is 0.429. The monoisotopic (exact) mass is 277 g/mol. The first-order valence-electron chi connectivity index (χ1n) is 6.48. The predicted octanol–water partition coefficient (Wildman–Crippen LogP) is 2.90. The molecule has 19 heavy (non-hydrogen) atoms. The molecule has 1 fully saturated rings. The highest BCUT2D eigenvalue weighted by Crippen LogP contribution is 2.27. The molecular weight excluding hydrogens is 262 g/mol. The molecule has 1 saturated heterocycles. The minimum absolute atomic E-state index is 0.308. The Bertz CT molecular complexity index is 582. The van der Waals surface area contributed by atoms with Gasteiger partial charge in [0.05, 0.1) is 11.6 Å². The molecule has 3 rings (SSSR count). The first-order valence-corrected chi connectivity index (χ1v) is 6.86. The van der Waals surface area contributed by atoms with Gasteiger partial charge >= 0.3 is 0 Å². The molecular formula is C14H16ClN3O. The molecule has 1 aromatic carbocycles. The zero-order valence-electron chi connectivity index (χ0n) is 10.8. The van der Waals surface area contributed by atoms with Crippen molar-refractivity contribution in [2.24, 2.45) is 0 Å². The summed E-state index contributed by atoms with van der Waals surface area (Å²) in [6, 6.07) is 7.98. The molecule has 0 saturated carbocycles. The molecule has 2 aromatic rings. The van der Waals surface area contributed by atoms with Gasteiger partial charge in [-0.1, -0.05) is 12.1 Å². The van der Waals surface area contributed by atoms with Crippen LogP contribution in [0.1, 0.15) is 12.8 Å². The Balaban J connectivity index is 1.96. The first kappa shape index (κ1) is 12.6. The Morgan fingerprint density at radius 1 is 1.21 bits per heavy atom. The summed E-state index contributed by atoms with van der Waals surface area (Å²) in [6.07, 6.45) is 2.40. The Kier molecular flexibility index (Phi) is 3.53. The minimum atomic E-state index is 0.308. The molecule has 0 unspecified atom stereocenters. The lowest BCUT2D eigenvalue weighted by Gasteiger charge is -2.32. The summed E-state index contributed by atoms with van der Waals surface area (Å²) in [6.45, 7) is 1.88. The van der Waals surface area contributed by atoms with Crippen molar-refractivity contribution in [1.29, 1.82) is 0 Å². The number of piperidine rings is 1. The van der Waals surface area contributed by atoms with Crippen LogP contribution in [0.4, 0.5) is 5.82 Å². The van der Waals surface area contributed by atoms with Crippen molar-refractivity contribution < 1.29 is 4.74 Å². The van der Waals surface area contributed by atoms with Crippen LogP contribution < -0.4 is 4.90 Å². The van der Waals surface area contributed by atoms with E-state index in [2.05, 4.69) is 14.9 Å². The zero-order chi connectivity index (χ0) is 13.2. The van der Waals surface area contributed by atoms with E-state index in [1.54, 1.807) is 7.11 Å². The van der Waals surface area contributed by atoms with Crippen LogP contribution in [0.3, 0.4) is 0 Å². The van der Waals surface area contributed by atoms with Crippen LogP contribution in [0.2, 0.25) is 5.28 Å². The van der Waals surface area contributed by atoms with E-state index in [4.69, 9.17) is 16.3 Å². The second-order valence-electron chi connectivity index (χ2n) is 4.76. The third-order valence-corrected chi connectivity index (χ3v) is 3.80. The van der Waals surface area contributed by atoms with Crippen molar-refractivity contribution in [3.8, 4) is 0 Å². The van der Waals surface area contributed by atoms with E-state index in [-0.39, 0.29) is 0 Å². The molecule has 0 bridgehead atoms. The molecule has 0 aliphatic carbocycles. The number of hydrogen-bond acceptors (Lipinski definition) is 4. The van der Waals surface area contributed by atoms with Crippen molar-refractivity contribution >= 4 is 28.3 Å². The average Bonchev–Trinajstić information content (AvgIpc) is 2.46. The second kappa shape index (κ2) is 5.31. The molecule has 0 N–H and O–H groups in total. The summed E-state index contributed by atoms with van der Waals surface area (Å²) in [7, 11) is 1.78. The molecule has 2 heterocycles. The van der Waals surface area contributed by atoms with Crippen LogP contribution in [0.25, 0.3) is 10.9 Å². The highest BCUT2D eigenvalue weighted by Gasteiger charge is 2.21. The van der Waals surface area contributed by atoms with Gasteiger partial charge in [-0.3, -0.25) is 0 Å². The Labute approximate surface area is 117 Å². The van der Waals surface area contributed by atoms with Crippen LogP contribution in [-0.4, -0.2) is 36.3 Å². The molecule has 0 spiro atoms. The third kappa shape index (κ3) is 2.51. The van der Waals surface area contributed by atoms with Crippen molar-refractivity contribution in [3.63, 3.8) is 0 Å². The molecule has 1 aromatic heterocycles. The Morgan fingerprint density at radius 3 is 2.68 bits per heavy atom. The first-order chi connectivity index (χ1) is 9.28. The number of aromatic nitrogens is 2. The highest BCUT2D eigenvalue weighted by atomic mass is 35.5. The average molecular weight is 278 g/mol. The van der Waals surface area contributed by atoms with Gasteiger partial charge in [0.1, 0.15) is 5.82 Å². The smallest absolute Gasteiger partial charge is 0.224 e. The summed E-state index contributed by atoms with van der Waals surface area (Å²) in [5, 5.41) is 1.37. The summed E-state index contributed by atoms with van der Waals surface area (Å²) >= 11 is 6.03. The van der Waals surface area contributed by atoms with E-state index in [0.29, 0.717) is 11.4 Å². The summed E-state index contributed by atoms with van der Waals surface area (Å²) in [4.78, 5) is 10.9. The SMILES string of the molecule is COC1CCN(c2nc(Cl)nc3ccccc23)CC1. The van der Waals surface area contributed by atoms with Gasteiger partial charge in [-0.15, -0.1) is 0 Å². The number of methoxy groups -OCH3 is 1. The van der Waals surface area contributed by atoms with Crippen molar-refractivity contribution in [1.82, 2.24) is 9.97 Å². The molecule has 5 heteroatoms. The van der Waals surface area contributed by atoms with E-state index in [1.165, 1.54) is 0 Å². The predicted molar refractivity (Wildman–Crippen MR) is 76.8 cm³/mol. The second-order valence-corrected chi connectivity index (χ2v) is 5.09. The highest BCUT2D eigenvalue weighted by molar-refractivity contribution is 6.28. The Morgan fingerprint density at radius 2 is 1.95 bits per heavy atom. The maximum atomic E-state index is 6.03. The van der Waals surface area contributed by atoms with E-state index in [1.807, 2.05) is 24.3 Å². The molecule has 4 nitrogen and oxygen atoms in total. The molecule has 0 radical (unpaired) electrons. The standard InChI is InChI=1S/C14H16ClN3O/c1-19-10-6-8-18(9-7-10)13-11-4-2-3-5-12(11)16-14(15)17-13/h2-5,10H,6-9H2,1H3. The summed E-state index contributed by atoms with van der Waals surface area (Å²) < 4.78 is 5.40. The van der Waals surface area contributed by atoms with Gasteiger partial charge in [0.15, 0.2) is 0 Å². The van der Waals surface area contributed by atoms with Gasteiger partial charge < -0.3 is 9.64 Å².